The smallest absolute Gasteiger partial charge is 0.191 e. The van der Waals surface area contributed by atoms with Crippen LogP contribution in [0.2, 0.25) is 0 Å². The summed E-state index contributed by atoms with van der Waals surface area (Å²) in [6, 6.07) is 0.495. The molecule has 3 rings (SSSR count). The summed E-state index contributed by atoms with van der Waals surface area (Å²) in [6.07, 6.45) is 12.5. The summed E-state index contributed by atoms with van der Waals surface area (Å²) in [5, 5.41) is 14.8. The van der Waals surface area contributed by atoms with Gasteiger partial charge in [0.1, 0.15) is 12.7 Å². The van der Waals surface area contributed by atoms with Gasteiger partial charge in [0.25, 0.3) is 0 Å². The second-order valence-electron chi connectivity index (χ2n) is 7.22. The van der Waals surface area contributed by atoms with Crippen LogP contribution in [0, 0.1) is 5.41 Å². The van der Waals surface area contributed by atoms with Gasteiger partial charge in [-0.15, -0.1) is 10.2 Å². The number of aromatic nitrogens is 3. The van der Waals surface area contributed by atoms with Crippen molar-refractivity contribution in [2.75, 3.05) is 20.2 Å². The van der Waals surface area contributed by atoms with E-state index in [0.29, 0.717) is 17.6 Å². The first-order valence-corrected chi connectivity index (χ1v) is 9.69. The van der Waals surface area contributed by atoms with Crippen LogP contribution in [0.5, 0.6) is 0 Å². The van der Waals surface area contributed by atoms with Gasteiger partial charge in [-0.05, 0) is 39.0 Å². The fourth-order valence-corrected chi connectivity index (χ4v) is 4.41. The molecular weight excluding hydrogens is 316 g/mol. The van der Waals surface area contributed by atoms with E-state index in [2.05, 4.69) is 32.7 Å². The molecule has 1 aromatic heterocycles. The van der Waals surface area contributed by atoms with Crippen LogP contribution in [-0.4, -0.2) is 53.1 Å². The average molecular weight is 348 g/mol. The molecule has 0 aromatic carbocycles. The van der Waals surface area contributed by atoms with Crippen LogP contribution in [0.15, 0.2) is 17.6 Å². The topological polar surface area (TPSA) is 76.4 Å². The monoisotopic (exact) mass is 348 g/mol. The minimum atomic E-state index is 0.335. The lowest BCUT2D eigenvalue weighted by atomic mass is 9.60. The Labute approximate surface area is 150 Å². The Hall–Kier alpha value is -1.63. The molecule has 0 aliphatic heterocycles. The Morgan fingerprint density at radius 3 is 2.72 bits per heavy atom. The molecule has 0 bridgehead atoms. The van der Waals surface area contributed by atoms with Crippen molar-refractivity contribution < 1.29 is 4.74 Å². The van der Waals surface area contributed by atoms with Crippen molar-refractivity contribution >= 4 is 5.96 Å². The van der Waals surface area contributed by atoms with Crippen LogP contribution in [0.4, 0.5) is 0 Å². The van der Waals surface area contributed by atoms with E-state index in [0.717, 1.165) is 44.9 Å². The number of nitrogens with zero attached hydrogens (tertiary/aromatic N) is 4. The van der Waals surface area contributed by atoms with Crippen molar-refractivity contribution in [3.8, 4) is 0 Å². The molecule has 7 nitrogen and oxygen atoms in total. The van der Waals surface area contributed by atoms with E-state index in [1.807, 2.05) is 11.6 Å². The van der Waals surface area contributed by atoms with Crippen molar-refractivity contribution in [1.29, 1.82) is 0 Å². The van der Waals surface area contributed by atoms with E-state index in [-0.39, 0.29) is 0 Å². The molecule has 2 atom stereocenters. The molecule has 2 saturated carbocycles. The lowest BCUT2D eigenvalue weighted by Gasteiger charge is -2.54. The first kappa shape index (κ1) is 18.2. The Kier molecular flexibility index (Phi) is 6.29. The molecule has 7 heteroatoms. The van der Waals surface area contributed by atoms with E-state index >= 15 is 0 Å². The van der Waals surface area contributed by atoms with Crippen LogP contribution < -0.4 is 10.6 Å². The highest BCUT2D eigenvalue weighted by Crippen LogP contribution is 2.54. The number of hydrogen-bond acceptors (Lipinski definition) is 4. The minimum absolute atomic E-state index is 0.335. The number of aryl methyl sites for hydroxylation is 1. The molecule has 2 N–H and O–H groups in total. The number of hydrogen-bond donors (Lipinski definition) is 2. The Morgan fingerprint density at radius 1 is 1.28 bits per heavy atom. The van der Waals surface area contributed by atoms with Crippen LogP contribution in [0.25, 0.3) is 0 Å². The van der Waals surface area contributed by atoms with Gasteiger partial charge in [-0.1, -0.05) is 12.8 Å². The van der Waals surface area contributed by atoms with Crippen LogP contribution in [-0.2, 0) is 11.3 Å². The zero-order valence-corrected chi connectivity index (χ0v) is 15.6. The predicted octanol–water partition coefficient (Wildman–Crippen LogP) is 1.96. The largest absolute Gasteiger partial charge is 0.378 e. The first-order valence-electron chi connectivity index (χ1n) is 9.69. The summed E-state index contributed by atoms with van der Waals surface area (Å²) in [6.45, 7) is 4.81. The van der Waals surface area contributed by atoms with E-state index in [4.69, 9.17) is 4.74 Å². The van der Waals surface area contributed by atoms with Crippen molar-refractivity contribution in [2.24, 2.45) is 10.4 Å². The number of guanidine groups is 1. The number of unbranched alkanes of at least 4 members (excludes halogenated alkanes) is 1. The number of aliphatic imine (C=N–C) groups is 1. The maximum Gasteiger partial charge on any atom is 0.191 e. The van der Waals surface area contributed by atoms with E-state index in [1.54, 1.807) is 12.7 Å². The maximum atomic E-state index is 6.00. The number of rotatable bonds is 8. The second-order valence-corrected chi connectivity index (χ2v) is 7.22. The zero-order valence-electron chi connectivity index (χ0n) is 15.6. The summed E-state index contributed by atoms with van der Waals surface area (Å²) >= 11 is 0. The van der Waals surface area contributed by atoms with Gasteiger partial charge >= 0.3 is 0 Å². The molecular formula is C18H32N6O. The molecule has 2 fully saturated rings. The summed E-state index contributed by atoms with van der Waals surface area (Å²) in [7, 11) is 1.85. The highest BCUT2D eigenvalue weighted by Gasteiger charge is 2.56. The van der Waals surface area contributed by atoms with Gasteiger partial charge < -0.3 is 19.9 Å². The van der Waals surface area contributed by atoms with Crippen molar-refractivity contribution in [3.63, 3.8) is 0 Å². The normalized spacial score (nSPS) is 25.1. The fraction of sp³-hybridized carbons (Fsp3) is 0.833. The van der Waals surface area contributed by atoms with Crippen molar-refractivity contribution in [2.45, 2.75) is 70.6 Å². The molecule has 2 aliphatic rings. The average Bonchev–Trinajstić information content (AvgIpc) is 3.31. The third kappa shape index (κ3) is 4.14. The highest BCUT2D eigenvalue weighted by molar-refractivity contribution is 5.80. The van der Waals surface area contributed by atoms with E-state index < -0.39 is 0 Å². The lowest BCUT2D eigenvalue weighted by molar-refractivity contribution is -0.125. The quantitative estimate of drug-likeness (QED) is 0.427. The molecule has 1 heterocycles. The maximum absolute atomic E-state index is 6.00. The molecule has 25 heavy (non-hydrogen) atoms. The predicted molar refractivity (Wildman–Crippen MR) is 98.5 cm³/mol. The van der Waals surface area contributed by atoms with E-state index in [1.165, 1.54) is 25.7 Å². The SMILES string of the molecule is CCOC1CC(NC(=NC)NCCCCn2cnnc2)C12CCCC2. The number of nitrogens with one attached hydrogen (secondary N) is 2. The Morgan fingerprint density at radius 2 is 2.04 bits per heavy atom. The molecule has 0 amide bonds. The highest BCUT2D eigenvalue weighted by atomic mass is 16.5. The van der Waals surface area contributed by atoms with Gasteiger partial charge in [0.15, 0.2) is 5.96 Å². The van der Waals surface area contributed by atoms with Gasteiger partial charge in [-0.2, -0.15) is 0 Å². The summed E-state index contributed by atoms with van der Waals surface area (Å²) in [5.41, 5.74) is 0.335. The molecule has 2 unspecified atom stereocenters. The van der Waals surface area contributed by atoms with Gasteiger partial charge in [-0.25, -0.2) is 0 Å². The Bertz CT molecular complexity index is 538. The Balaban J connectivity index is 1.40. The molecule has 2 aliphatic carbocycles. The first-order chi connectivity index (χ1) is 12.3. The van der Waals surface area contributed by atoms with E-state index in [9.17, 15) is 0 Å². The van der Waals surface area contributed by atoms with Gasteiger partial charge in [-0.3, -0.25) is 4.99 Å². The molecule has 0 radical (unpaired) electrons. The summed E-state index contributed by atoms with van der Waals surface area (Å²) in [5.74, 6) is 0.926. The van der Waals surface area contributed by atoms with Crippen molar-refractivity contribution in [3.05, 3.63) is 12.7 Å². The fourth-order valence-electron chi connectivity index (χ4n) is 4.41. The van der Waals surface area contributed by atoms with Crippen LogP contribution >= 0.6 is 0 Å². The molecule has 140 valence electrons. The molecule has 1 spiro atoms. The zero-order chi connectivity index (χ0) is 17.5. The lowest BCUT2D eigenvalue weighted by Crippen LogP contribution is -2.65. The van der Waals surface area contributed by atoms with Crippen LogP contribution in [0.1, 0.15) is 51.9 Å². The number of ether oxygens (including phenoxy) is 1. The summed E-state index contributed by atoms with van der Waals surface area (Å²) in [4.78, 5) is 4.41. The molecule has 1 aromatic rings. The van der Waals surface area contributed by atoms with Crippen LogP contribution in [0.3, 0.4) is 0 Å². The summed E-state index contributed by atoms with van der Waals surface area (Å²) < 4.78 is 8.01. The van der Waals surface area contributed by atoms with Gasteiger partial charge in [0.2, 0.25) is 0 Å². The van der Waals surface area contributed by atoms with Gasteiger partial charge in [0.05, 0.1) is 6.10 Å². The minimum Gasteiger partial charge on any atom is -0.378 e. The van der Waals surface area contributed by atoms with Crippen molar-refractivity contribution in [1.82, 2.24) is 25.4 Å². The third-order valence-corrected chi connectivity index (χ3v) is 5.82. The third-order valence-electron chi connectivity index (χ3n) is 5.82. The second kappa shape index (κ2) is 8.65. The van der Waals surface area contributed by atoms with Gasteiger partial charge in [0, 0.05) is 38.2 Å². The standard InChI is InChI=1S/C18H32N6O/c1-3-25-16-12-15(18(16)8-4-5-9-18)23-17(19-2)20-10-6-7-11-24-13-21-22-14-24/h13-16H,3-12H2,1-2H3,(H2,19,20,23). The molecule has 0 saturated heterocycles.